The average molecular weight is 424 g/mol. The summed E-state index contributed by atoms with van der Waals surface area (Å²) >= 11 is 7.78. The van der Waals surface area contributed by atoms with Gasteiger partial charge in [-0.15, -0.1) is 11.8 Å². The van der Waals surface area contributed by atoms with Crippen molar-refractivity contribution in [2.45, 2.75) is 24.2 Å². The van der Waals surface area contributed by atoms with Gasteiger partial charge in [-0.25, -0.2) is 9.78 Å². The maximum atomic E-state index is 12.1. The normalized spacial score (nSPS) is 19.6. The number of hydrogen-bond donors (Lipinski definition) is 2. The number of allylic oxidation sites excluding steroid dienone is 1. The van der Waals surface area contributed by atoms with Gasteiger partial charge in [0.25, 0.3) is 0 Å². The minimum atomic E-state index is -1.14. The maximum absolute atomic E-state index is 12.1. The van der Waals surface area contributed by atoms with Gasteiger partial charge in [-0.05, 0) is 41.5 Å². The van der Waals surface area contributed by atoms with Gasteiger partial charge >= 0.3 is 5.97 Å². The van der Waals surface area contributed by atoms with E-state index in [0.29, 0.717) is 21.6 Å². The zero-order valence-electron chi connectivity index (χ0n) is 15.4. The predicted molar refractivity (Wildman–Crippen MR) is 116 cm³/mol. The van der Waals surface area contributed by atoms with Crippen molar-refractivity contribution in [3.05, 3.63) is 81.4 Å². The van der Waals surface area contributed by atoms with Crippen molar-refractivity contribution in [2.75, 3.05) is 5.75 Å². The molecule has 2 aliphatic rings. The molecule has 1 aliphatic carbocycles. The Hall–Kier alpha value is -2.50. The number of aromatic nitrogens is 1. The van der Waals surface area contributed by atoms with Gasteiger partial charge in [0, 0.05) is 27.5 Å². The van der Waals surface area contributed by atoms with Gasteiger partial charge in [-0.1, -0.05) is 48.0 Å². The summed E-state index contributed by atoms with van der Waals surface area (Å²) in [4.78, 5) is 17.0. The molecular weight excluding hydrogens is 406 g/mol. The van der Waals surface area contributed by atoms with Crippen LogP contribution in [0, 0.1) is 0 Å². The van der Waals surface area contributed by atoms with Crippen LogP contribution in [0.25, 0.3) is 10.9 Å². The molecule has 1 unspecified atom stereocenters. The smallest absolute Gasteiger partial charge is 0.340 e. The lowest BCUT2D eigenvalue weighted by molar-refractivity contribution is 0.0695. The molecule has 0 spiro atoms. The van der Waals surface area contributed by atoms with E-state index >= 15 is 0 Å². The van der Waals surface area contributed by atoms with Crippen LogP contribution in [-0.4, -0.2) is 26.9 Å². The van der Waals surface area contributed by atoms with E-state index in [2.05, 4.69) is 11.5 Å². The Kier molecular flexibility index (Phi) is 4.33. The number of rotatable bonds is 4. The number of carboxylic acids is 1. The monoisotopic (exact) mass is 423 g/mol. The molecule has 1 saturated carbocycles. The fraction of sp³-hybridized carbons (Fsp3) is 0.217. The molecule has 6 heteroatoms. The summed E-state index contributed by atoms with van der Waals surface area (Å²) in [6.07, 6.45) is 3.74. The number of para-hydroxylation sites is 1. The Bertz CT molecular complexity index is 1170. The summed E-state index contributed by atoms with van der Waals surface area (Å²) < 4.78 is 0. The number of thioether (sulfide) groups is 1. The molecule has 2 N–H and O–H groups in total. The van der Waals surface area contributed by atoms with Crippen molar-refractivity contribution < 1.29 is 15.0 Å². The van der Waals surface area contributed by atoms with Crippen LogP contribution in [0.4, 0.5) is 0 Å². The average Bonchev–Trinajstić information content (AvgIpc) is 3.32. The summed E-state index contributed by atoms with van der Waals surface area (Å²) in [5.74, 6) is -0.287. The highest BCUT2D eigenvalue weighted by Gasteiger charge is 2.50. The van der Waals surface area contributed by atoms with E-state index < -0.39 is 11.4 Å². The third kappa shape index (κ3) is 2.92. The molecule has 2 aromatic carbocycles. The second-order valence-corrected chi connectivity index (χ2v) is 8.97. The SMILES string of the molecule is O=C(O)c1c(O)c(C2(c3ccc(Cl)cc3)CC2)nc2c(C3C=CSC3)cccc12. The van der Waals surface area contributed by atoms with Crippen LogP contribution in [0.15, 0.2) is 53.9 Å². The molecule has 0 bridgehead atoms. The van der Waals surface area contributed by atoms with Crippen LogP contribution in [0.5, 0.6) is 5.75 Å². The standard InChI is InChI=1S/C23H18ClNO3S/c24-15-6-4-14(5-7-15)23(9-10-23)21-20(26)18(22(27)28)17-3-1-2-16(19(17)25-21)13-8-11-29-12-13/h1-8,11,13,26H,9-10,12H2,(H,27,28). The minimum absolute atomic E-state index is 0.0679. The molecule has 0 amide bonds. The van der Waals surface area contributed by atoms with E-state index in [9.17, 15) is 15.0 Å². The van der Waals surface area contributed by atoms with E-state index in [0.717, 1.165) is 29.7 Å². The zero-order chi connectivity index (χ0) is 20.2. The predicted octanol–water partition coefficient (Wildman–Crippen LogP) is 5.72. The Balaban J connectivity index is 1.79. The van der Waals surface area contributed by atoms with Crippen molar-refractivity contribution in [3.8, 4) is 5.75 Å². The second-order valence-electron chi connectivity index (χ2n) is 7.59. The summed E-state index contributed by atoms with van der Waals surface area (Å²) in [6, 6.07) is 13.1. The van der Waals surface area contributed by atoms with Crippen molar-refractivity contribution in [1.82, 2.24) is 4.98 Å². The number of aromatic hydroxyl groups is 1. The molecular formula is C23H18ClNO3S. The maximum Gasteiger partial charge on any atom is 0.340 e. The molecule has 1 aromatic heterocycles. The molecule has 2 heterocycles. The molecule has 3 aromatic rings. The quantitative estimate of drug-likeness (QED) is 0.561. The first-order chi connectivity index (χ1) is 14.0. The number of carbonyl (C=O) groups is 1. The van der Waals surface area contributed by atoms with Crippen LogP contribution in [0.1, 0.15) is 45.9 Å². The Morgan fingerprint density at radius 3 is 2.55 bits per heavy atom. The first-order valence-corrected chi connectivity index (χ1v) is 10.9. The number of fused-ring (bicyclic) bond motifs is 1. The summed E-state index contributed by atoms with van der Waals surface area (Å²) in [5, 5.41) is 24.1. The Labute approximate surface area is 177 Å². The molecule has 146 valence electrons. The highest BCUT2D eigenvalue weighted by Crippen LogP contribution is 2.56. The molecule has 4 nitrogen and oxygen atoms in total. The van der Waals surface area contributed by atoms with Gasteiger partial charge in [0.2, 0.25) is 0 Å². The van der Waals surface area contributed by atoms with Gasteiger partial charge in [-0.2, -0.15) is 0 Å². The zero-order valence-corrected chi connectivity index (χ0v) is 17.0. The Morgan fingerprint density at radius 1 is 1.17 bits per heavy atom. The fourth-order valence-corrected chi connectivity index (χ4v) is 5.30. The van der Waals surface area contributed by atoms with Crippen molar-refractivity contribution in [3.63, 3.8) is 0 Å². The number of hydrogen-bond acceptors (Lipinski definition) is 4. The van der Waals surface area contributed by atoms with E-state index in [1.165, 1.54) is 0 Å². The third-order valence-electron chi connectivity index (χ3n) is 5.92. The van der Waals surface area contributed by atoms with Crippen molar-refractivity contribution in [2.24, 2.45) is 0 Å². The molecule has 1 fully saturated rings. The highest BCUT2D eigenvalue weighted by atomic mass is 35.5. The summed E-state index contributed by atoms with van der Waals surface area (Å²) in [7, 11) is 0. The number of nitrogens with zero attached hydrogens (tertiary/aromatic N) is 1. The first-order valence-electron chi connectivity index (χ1n) is 9.45. The van der Waals surface area contributed by atoms with Crippen molar-refractivity contribution >= 4 is 40.2 Å². The van der Waals surface area contributed by atoms with E-state index in [1.807, 2.05) is 36.4 Å². The number of pyridine rings is 1. The molecule has 0 saturated heterocycles. The molecule has 1 aliphatic heterocycles. The van der Waals surface area contributed by atoms with E-state index in [1.54, 1.807) is 17.8 Å². The molecule has 1 atom stereocenters. The number of halogens is 1. The van der Waals surface area contributed by atoms with Crippen LogP contribution in [0.2, 0.25) is 5.02 Å². The van der Waals surface area contributed by atoms with Crippen molar-refractivity contribution in [1.29, 1.82) is 0 Å². The number of aromatic carboxylic acids is 1. The third-order valence-corrected chi connectivity index (χ3v) is 7.07. The second kappa shape index (κ2) is 6.78. The lowest BCUT2D eigenvalue weighted by Gasteiger charge is -2.21. The number of carboxylic acid groups (broad SMARTS) is 1. The number of benzene rings is 2. The van der Waals surface area contributed by atoms with E-state index in [4.69, 9.17) is 16.6 Å². The van der Waals surface area contributed by atoms with Crippen LogP contribution in [-0.2, 0) is 5.41 Å². The largest absolute Gasteiger partial charge is 0.505 e. The van der Waals surface area contributed by atoms with Crippen LogP contribution >= 0.6 is 23.4 Å². The van der Waals surface area contributed by atoms with Crippen LogP contribution in [0.3, 0.4) is 0 Å². The topological polar surface area (TPSA) is 70.4 Å². The lowest BCUT2D eigenvalue weighted by Crippen LogP contribution is -2.15. The van der Waals surface area contributed by atoms with Gasteiger partial charge in [-0.3, -0.25) is 0 Å². The minimum Gasteiger partial charge on any atom is -0.505 e. The van der Waals surface area contributed by atoms with Gasteiger partial charge in [0.05, 0.1) is 11.2 Å². The lowest BCUT2D eigenvalue weighted by atomic mass is 9.88. The van der Waals surface area contributed by atoms with Gasteiger partial charge in [0.15, 0.2) is 5.75 Å². The first kappa shape index (κ1) is 18.5. The molecule has 29 heavy (non-hydrogen) atoms. The highest BCUT2D eigenvalue weighted by molar-refractivity contribution is 8.02. The Morgan fingerprint density at radius 2 is 1.93 bits per heavy atom. The summed E-state index contributed by atoms with van der Waals surface area (Å²) in [5.41, 5.74) is 2.57. The van der Waals surface area contributed by atoms with Crippen LogP contribution < -0.4 is 0 Å². The fourth-order valence-electron chi connectivity index (χ4n) is 4.26. The van der Waals surface area contributed by atoms with Gasteiger partial charge in [0.1, 0.15) is 5.56 Å². The molecule has 5 rings (SSSR count). The van der Waals surface area contributed by atoms with E-state index in [-0.39, 0.29) is 17.2 Å². The van der Waals surface area contributed by atoms with Gasteiger partial charge < -0.3 is 10.2 Å². The summed E-state index contributed by atoms with van der Waals surface area (Å²) in [6.45, 7) is 0. The molecule has 0 radical (unpaired) electrons.